The van der Waals surface area contributed by atoms with Gasteiger partial charge in [-0.05, 0) is 19.3 Å². The molecule has 0 saturated heterocycles. The monoisotopic (exact) mass is 195 g/mol. The van der Waals surface area contributed by atoms with Gasteiger partial charge in [0.1, 0.15) is 5.82 Å². The van der Waals surface area contributed by atoms with Crippen molar-refractivity contribution in [3.8, 4) is 0 Å². The number of hydrogen-bond donors (Lipinski definition) is 2. The predicted octanol–water partition coefficient (Wildman–Crippen LogP) is 0.423. The van der Waals surface area contributed by atoms with Gasteiger partial charge < -0.3 is 15.0 Å². The molecule has 1 heterocycles. The molecule has 2 N–H and O–H groups in total. The zero-order chi connectivity index (χ0) is 9.97. The highest BCUT2D eigenvalue weighted by Crippen LogP contribution is 2.18. The molecular weight excluding hydrogens is 178 g/mol. The first-order chi connectivity index (χ1) is 6.77. The smallest absolute Gasteiger partial charge is 0.122 e. The lowest BCUT2D eigenvalue weighted by Gasteiger charge is -2.15. The molecule has 1 aliphatic carbocycles. The van der Waals surface area contributed by atoms with Crippen LogP contribution in [0.2, 0.25) is 0 Å². The van der Waals surface area contributed by atoms with E-state index in [0.717, 1.165) is 31.6 Å². The van der Waals surface area contributed by atoms with Crippen LogP contribution in [-0.4, -0.2) is 26.8 Å². The standard InChI is InChI=1S/C10H17N3O/c1-13-6-5-11-10(13)7-12-8-3-2-4-9(8)14/h5-6,8-9,12,14H,2-4,7H2,1H3/t8-,9-/m0/s1. The minimum Gasteiger partial charge on any atom is -0.392 e. The van der Waals surface area contributed by atoms with Gasteiger partial charge in [0.15, 0.2) is 0 Å². The van der Waals surface area contributed by atoms with Gasteiger partial charge in [-0.3, -0.25) is 0 Å². The van der Waals surface area contributed by atoms with Crippen LogP contribution in [0.3, 0.4) is 0 Å². The van der Waals surface area contributed by atoms with E-state index in [9.17, 15) is 5.11 Å². The van der Waals surface area contributed by atoms with Crippen molar-refractivity contribution >= 4 is 0 Å². The molecule has 1 aromatic rings. The third kappa shape index (κ3) is 1.96. The zero-order valence-corrected chi connectivity index (χ0v) is 8.48. The first kappa shape index (κ1) is 9.68. The lowest BCUT2D eigenvalue weighted by molar-refractivity contribution is 0.148. The Kier molecular flexibility index (Phi) is 2.84. The fourth-order valence-corrected chi connectivity index (χ4v) is 1.97. The first-order valence-corrected chi connectivity index (χ1v) is 5.15. The number of hydrogen-bond acceptors (Lipinski definition) is 3. The fraction of sp³-hybridized carbons (Fsp3) is 0.700. The normalized spacial score (nSPS) is 27.0. The van der Waals surface area contributed by atoms with Crippen molar-refractivity contribution in [2.24, 2.45) is 7.05 Å². The van der Waals surface area contributed by atoms with Gasteiger partial charge in [0.05, 0.1) is 12.6 Å². The topological polar surface area (TPSA) is 50.1 Å². The summed E-state index contributed by atoms with van der Waals surface area (Å²) < 4.78 is 1.99. The average molecular weight is 195 g/mol. The maximum atomic E-state index is 9.60. The molecular formula is C10H17N3O. The van der Waals surface area contributed by atoms with Crippen molar-refractivity contribution in [1.29, 1.82) is 0 Å². The van der Waals surface area contributed by atoms with Crippen molar-refractivity contribution < 1.29 is 5.11 Å². The molecule has 1 aromatic heterocycles. The number of rotatable bonds is 3. The third-order valence-corrected chi connectivity index (χ3v) is 2.92. The molecule has 78 valence electrons. The van der Waals surface area contributed by atoms with Gasteiger partial charge in [0, 0.05) is 25.5 Å². The Morgan fingerprint density at radius 1 is 1.64 bits per heavy atom. The SMILES string of the molecule is Cn1ccnc1CN[C@H]1CCC[C@@H]1O. The number of aliphatic hydroxyl groups is 1. The number of nitrogens with zero attached hydrogens (tertiary/aromatic N) is 2. The third-order valence-electron chi connectivity index (χ3n) is 2.92. The Morgan fingerprint density at radius 3 is 3.07 bits per heavy atom. The highest BCUT2D eigenvalue weighted by atomic mass is 16.3. The molecule has 0 amide bonds. The Labute approximate surface area is 84.0 Å². The highest BCUT2D eigenvalue weighted by molar-refractivity contribution is 4.92. The molecule has 14 heavy (non-hydrogen) atoms. The maximum Gasteiger partial charge on any atom is 0.122 e. The summed E-state index contributed by atoms with van der Waals surface area (Å²) in [5.41, 5.74) is 0. The molecule has 0 radical (unpaired) electrons. The summed E-state index contributed by atoms with van der Waals surface area (Å²) in [6, 6.07) is 0.256. The number of aliphatic hydroxyl groups excluding tert-OH is 1. The van der Waals surface area contributed by atoms with Gasteiger partial charge >= 0.3 is 0 Å². The van der Waals surface area contributed by atoms with E-state index in [1.807, 2.05) is 17.8 Å². The number of aryl methyl sites for hydroxylation is 1. The largest absolute Gasteiger partial charge is 0.392 e. The van der Waals surface area contributed by atoms with Crippen molar-refractivity contribution in [2.75, 3.05) is 0 Å². The van der Waals surface area contributed by atoms with Gasteiger partial charge in [0.25, 0.3) is 0 Å². The summed E-state index contributed by atoms with van der Waals surface area (Å²) >= 11 is 0. The maximum absolute atomic E-state index is 9.60. The molecule has 1 aliphatic rings. The summed E-state index contributed by atoms with van der Waals surface area (Å²) in [6.07, 6.45) is 6.68. The van der Waals surface area contributed by atoms with Crippen molar-refractivity contribution in [2.45, 2.75) is 38.0 Å². The molecule has 2 atom stereocenters. The summed E-state index contributed by atoms with van der Waals surface area (Å²) in [5, 5.41) is 12.9. The summed E-state index contributed by atoms with van der Waals surface area (Å²) in [4.78, 5) is 4.22. The van der Waals surface area contributed by atoms with E-state index < -0.39 is 0 Å². The van der Waals surface area contributed by atoms with E-state index in [1.165, 1.54) is 0 Å². The van der Waals surface area contributed by atoms with E-state index in [0.29, 0.717) is 0 Å². The Balaban J connectivity index is 1.85. The van der Waals surface area contributed by atoms with Crippen LogP contribution in [0.25, 0.3) is 0 Å². The van der Waals surface area contributed by atoms with Crippen molar-refractivity contribution in [3.63, 3.8) is 0 Å². The molecule has 0 aliphatic heterocycles. The zero-order valence-electron chi connectivity index (χ0n) is 8.48. The van der Waals surface area contributed by atoms with Crippen molar-refractivity contribution in [3.05, 3.63) is 18.2 Å². The highest BCUT2D eigenvalue weighted by Gasteiger charge is 2.24. The molecule has 4 heteroatoms. The molecule has 1 fully saturated rings. The molecule has 0 spiro atoms. The molecule has 0 bridgehead atoms. The quantitative estimate of drug-likeness (QED) is 0.735. The second kappa shape index (κ2) is 4.11. The summed E-state index contributed by atoms with van der Waals surface area (Å²) in [6.45, 7) is 0.741. The lowest BCUT2D eigenvalue weighted by atomic mass is 10.2. The van der Waals surface area contributed by atoms with E-state index in [2.05, 4.69) is 10.3 Å². The van der Waals surface area contributed by atoms with Crippen LogP contribution in [-0.2, 0) is 13.6 Å². The van der Waals surface area contributed by atoms with Crippen LogP contribution < -0.4 is 5.32 Å². The number of aromatic nitrogens is 2. The van der Waals surface area contributed by atoms with Crippen molar-refractivity contribution in [1.82, 2.24) is 14.9 Å². The molecule has 2 rings (SSSR count). The van der Waals surface area contributed by atoms with Gasteiger partial charge in [-0.25, -0.2) is 4.98 Å². The van der Waals surface area contributed by atoms with Gasteiger partial charge in [-0.2, -0.15) is 0 Å². The Hall–Kier alpha value is -0.870. The minimum absolute atomic E-state index is 0.171. The van der Waals surface area contributed by atoms with Crippen LogP contribution in [0.5, 0.6) is 0 Å². The van der Waals surface area contributed by atoms with Gasteiger partial charge in [-0.15, -0.1) is 0 Å². The van der Waals surface area contributed by atoms with E-state index in [4.69, 9.17) is 0 Å². The number of imidazole rings is 1. The van der Waals surface area contributed by atoms with Crippen LogP contribution in [0, 0.1) is 0 Å². The van der Waals surface area contributed by atoms with Crippen LogP contribution in [0.1, 0.15) is 25.1 Å². The molecule has 1 saturated carbocycles. The summed E-state index contributed by atoms with van der Waals surface area (Å²) in [7, 11) is 1.98. The minimum atomic E-state index is -0.171. The van der Waals surface area contributed by atoms with Gasteiger partial charge in [0.2, 0.25) is 0 Å². The number of nitrogens with one attached hydrogen (secondary N) is 1. The van der Waals surface area contributed by atoms with E-state index in [1.54, 1.807) is 6.20 Å². The second-order valence-electron chi connectivity index (χ2n) is 3.94. The molecule has 0 aromatic carbocycles. The predicted molar refractivity (Wildman–Crippen MR) is 53.7 cm³/mol. The van der Waals surface area contributed by atoms with Crippen LogP contribution in [0.15, 0.2) is 12.4 Å². The second-order valence-corrected chi connectivity index (χ2v) is 3.94. The van der Waals surface area contributed by atoms with Crippen LogP contribution in [0.4, 0.5) is 0 Å². The Bertz CT molecular complexity index is 297. The lowest BCUT2D eigenvalue weighted by Crippen LogP contribution is -2.35. The Morgan fingerprint density at radius 2 is 2.50 bits per heavy atom. The average Bonchev–Trinajstić information content (AvgIpc) is 2.72. The molecule has 4 nitrogen and oxygen atoms in total. The molecule has 0 unspecified atom stereocenters. The van der Waals surface area contributed by atoms with E-state index in [-0.39, 0.29) is 12.1 Å². The van der Waals surface area contributed by atoms with E-state index >= 15 is 0 Å². The first-order valence-electron chi connectivity index (χ1n) is 5.15. The van der Waals surface area contributed by atoms with Gasteiger partial charge in [-0.1, -0.05) is 0 Å². The van der Waals surface area contributed by atoms with Crippen LogP contribution >= 0.6 is 0 Å². The fourth-order valence-electron chi connectivity index (χ4n) is 1.97. The summed E-state index contributed by atoms with van der Waals surface area (Å²) in [5.74, 6) is 1.02.